The molecule has 2 aromatic carbocycles. The first-order chi connectivity index (χ1) is 13.2. The molecule has 0 bridgehead atoms. The molecule has 1 saturated heterocycles. The largest absolute Gasteiger partial charge is 0.393 e. The van der Waals surface area contributed by atoms with Crippen molar-refractivity contribution in [2.75, 3.05) is 13.1 Å². The summed E-state index contributed by atoms with van der Waals surface area (Å²) in [5, 5.41) is 19.6. The van der Waals surface area contributed by atoms with E-state index in [-0.39, 0.29) is 24.5 Å². The molecule has 27 heavy (non-hydrogen) atoms. The molecule has 1 atom stereocenters. The summed E-state index contributed by atoms with van der Waals surface area (Å²) in [7, 11) is 0. The van der Waals surface area contributed by atoms with Gasteiger partial charge < -0.3 is 15.1 Å². The van der Waals surface area contributed by atoms with E-state index in [1.165, 1.54) is 5.56 Å². The third-order valence-electron chi connectivity index (χ3n) is 5.57. The number of rotatable bonds is 7. The summed E-state index contributed by atoms with van der Waals surface area (Å²) in [6.07, 6.45) is 3.50. The summed E-state index contributed by atoms with van der Waals surface area (Å²) >= 11 is 0. The van der Waals surface area contributed by atoms with E-state index in [1.807, 2.05) is 47.4 Å². The van der Waals surface area contributed by atoms with Crippen LogP contribution in [0.2, 0.25) is 0 Å². The fraction of sp³-hybridized carbons (Fsp3) is 0.435. The van der Waals surface area contributed by atoms with Gasteiger partial charge in [0.05, 0.1) is 19.1 Å². The number of hydrogen-bond acceptors (Lipinski definition) is 3. The molecule has 0 unspecified atom stereocenters. The third kappa shape index (κ3) is 5.65. The summed E-state index contributed by atoms with van der Waals surface area (Å²) in [6.45, 7) is 1.47. The van der Waals surface area contributed by atoms with Gasteiger partial charge in [0.25, 0.3) is 0 Å². The van der Waals surface area contributed by atoms with Crippen LogP contribution in [0.4, 0.5) is 0 Å². The summed E-state index contributed by atoms with van der Waals surface area (Å²) in [5.41, 5.74) is 3.09. The van der Waals surface area contributed by atoms with E-state index in [0.717, 1.165) is 49.9 Å². The molecule has 1 aliphatic heterocycles. The van der Waals surface area contributed by atoms with Crippen molar-refractivity contribution in [3.05, 3.63) is 71.3 Å². The van der Waals surface area contributed by atoms with Crippen molar-refractivity contribution in [3.8, 4) is 0 Å². The predicted molar refractivity (Wildman–Crippen MR) is 106 cm³/mol. The first-order valence-electron chi connectivity index (χ1n) is 9.84. The van der Waals surface area contributed by atoms with E-state index in [0.29, 0.717) is 6.42 Å². The first kappa shape index (κ1) is 19.6. The highest BCUT2D eigenvalue weighted by Crippen LogP contribution is 2.24. The molecule has 0 radical (unpaired) electrons. The Kier molecular flexibility index (Phi) is 7.02. The lowest BCUT2D eigenvalue weighted by Gasteiger charge is -2.34. The Balaban J connectivity index is 1.42. The van der Waals surface area contributed by atoms with Crippen molar-refractivity contribution in [3.63, 3.8) is 0 Å². The quantitative estimate of drug-likeness (QED) is 0.791. The molecule has 1 amide bonds. The normalized spacial score (nSPS) is 16.3. The van der Waals surface area contributed by atoms with E-state index < -0.39 is 0 Å². The number of aliphatic hydroxyl groups is 2. The summed E-state index contributed by atoms with van der Waals surface area (Å²) in [4.78, 5) is 14.4. The van der Waals surface area contributed by atoms with Gasteiger partial charge in [-0.3, -0.25) is 4.79 Å². The number of nitrogens with zero attached hydrogens (tertiary/aromatic N) is 1. The van der Waals surface area contributed by atoms with Gasteiger partial charge in [-0.25, -0.2) is 0 Å². The molecule has 2 N–H and O–H groups in total. The van der Waals surface area contributed by atoms with Crippen LogP contribution in [-0.4, -0.2) is 40.2 Å². The number of likely N-dealkylation sites (tertiary alicyclic amines) is 1. The number of amides is 1. The van der Waals surface area contributed by atoms with Crippen LogP contribution in [0.5, 0.6) is 0 Å². The molecule has 4 nitrogen and oxygen atoms in total. The summed E-state index contributed by atoms with van der Waals surface area (Å²) < 4.78 is 0. The van der Waals surface area contributed by atoms with Crippen LogP contribution in [-0.2, 0) is 24.2 Å². The smallest absolute Gasteiger partial charge is 0.226 e. The van der Waals surface area contributed by atoms with Crippen LogP contribution < -0.4 is 0 Å². The molecular weight excluding hydrogens is 338 g/mol. The lowest BCUT2D eigenvalue weighted by atomic mass is 9.88. The topological polar surface area (TPSA) is 60.8 Å². The number of aliphatic hydroxyl groups excluding tert-OH is 2. The van der Waals surface area contributed by atoms with Crippen molar-refractivity contribution >= 4 is 5.91 Å². The Bertz CT molecular complexity index is 706. The molecule has 0 aromatic heterocycles. The Morgan fingerprint density at radius 1 is 0.963 bits per heavy atom. The van der Waals surface area contributed by atoms with Crippen molar-refractivity contribution in [1.29, 1.82) is 0 Å². The van der Waals surface area contributed by atoms with Gasteiger partial charge in [0.1, 0.15) is 0 Å². The molecule has 1 heterocycles. The van der Waals surface area contributed by atoms with Gasteiger partial charge in [-0.05, 0) is 48.3 Å². The van der Waals surface area contributed by atoms with Gasteiger partial charge >= 0.3 is 0 Å². The maximum Gasteiger partial charge on any atom is 0.226 e. The number of carbonyl (C=O) groups excluding carboxylic acids is 1. The molecular formula is C23H29NO3. The van der Waals surface area contributed by atoms with Gasteiger partial charge in [-0.2, -0.15) is 0 Å². The SMILES string of the molecule is O=C(Cc1ccc(CO)cc1)N1CCC([C@@H](O)CCc2ccccc2)CC1. The average Bonchev–Trinajstić information content (AvgIpc) is 2.73. The molecule has 1 fully saturated rings. The van der Waals surface area contributed by atoms with E-state index >= 15 is 0 Å². The lowest BCUT2D eigenvalue weighted by Crippen LogP contribution is -2.42. The number of carbonyl (C=O) groups is 1. The second-order valence-corrected chi connectivity index (χ2v) is 7.46. The Labute approximate surface area is 161 Å². The molecule has 0 saturated carbocycles. The van der Waals surface area contributed by atoms with Crippen LogP contribution in [0.1, 0.15) is 36.0 Å². The van der Waals surface area contributed by atoms with Gasteiger partial charge in [0.2, 0.25) is 5.91 Å². The van der Waals surface area contributed by atoms with E-state index in [4.69, 9.17) is 5.11 Å². The second kappa shape index (κ2) is 9.67. The van der Waals surface area contributed by atoms with Gasteiger partial charge in [0.15, 0.2) is 0 Å². The highest BCUT2D eigenvalue weighted by molar-refractivity contribution is 5.78. The zero-order valence-corrected chi connectivity index (χ0v) is 15.8. The summed E-state index contributed by atoms with van der Waals surface area (Å²) in [6, 6.07) is 17.8. The maximum absolute atomic E-state index is 12.5. The number of piperidine rings is 1. The minimum atomic E-state index is -0.298. The minimum Gasteiger partial charge on any atom is -0.393 e. The van der Waals surface area contributed by atoms with Gasteiger partial charge in [0, 0.05) is 13.1 Å². The number of aryl methyl sites for hydroxylation is 1. The second-order valence-electron chi connectivity index (χ2n) is 7.46. The molecule has 2 aromatic rings. The molecule has 3 rings (SSSR count). The van der Waals surface area contributed by atoms with Crippen LogP contribution in [0.3, 0.4) is 0 Å². The van der Waals surface area contributed by atoms with Crippen LogP contribution >= 0.6 is 0 Å². The maximum atomic E-state index is 12.5. The van der Waals surface area contributed by atoms with Gasteiger partial charge in [-0.1, -0.05) is 54.6 Å². The Morgan fingerprint density at radius 3 is 2.22 bits per heavy atom. The van der Waals surface area contributed by atoms with Crippen molar-refractivity contribution < 1.29 is 15.0 Å². The van der Waals surface area contributed by atoms with E-state index in [2.05, 4.69) is 12.1 Å². The zero-order valence-electron chi connectivity index (χ0n) is 15.8. The van der Waals surface area contributed by atoms with Gasteiger partial charge in [-0.15, -0.1) is 0 Å². The number of hydrogen-bond donors (Lipinski definition) is 2. The van der Waals surface area contributed by atoms with Crippen molar-refractivity contribution in [1.82, 2.24) is 4.90 Å². The zero-order chi connectivity index (χ0) is 19.1. The van der Waals surface area contributed by atoms with Crippen molar-refractivity contribution in [2.24, 2.45) is 5.92 Å². The molecule has 0 spiro atoms. The first-order valence-corrected chi connectivity index (χ1v) is 9.84. The highest BCUT2D eigenvalue weighted by atomic mass is 16.3. The predicted octanol–water partition coefficient (Wildman–Crippen LogP) is 2.95. The number of benzene rings is 2. The monoisotopic (exact) mass is 367 g/mol. The average molecular weight is 367 g/mol. The van der Waals surface area contributed by atoms with Crippen LogP contribution in [0.15, 0.2) is 54.6 Å². The molecule has 1 aliphatic rings. The summed E-state index contributed by atoms with van der Waals surface area (Å²) in [5.74, 6) is 0.422. The molecule has 0 aliphatic carbocycles. The lowest BCUT2D eigenvalue weighted by molar-refractivity contribution is -0.132. The minimum absolute atomic E-state index is 0.0222. The van der Waals surface area contributed by atoms with E-state index in [9.17, 15) is 9.90 Å². The standard InChI is InChI=1S/C23H29NO3/c25-17-20-8-6-19(7-9-20)16-23(27)24-14-12-21(13-15-24)22(26)11-10-18-4-2-1-3-5-18/h1-9,21-22,25-26H,10-17H2/t22-/m0/s1. The fourth-order valence-electron chi connectivity index (χ4n) is 3.78. The van der Waals surface area contributed by atoms with Crippen LogP contribution in [0, 0.1) is 5.92 Å². The third-order valence-corrected chi connectivity index (χ3v) is 5.57. The van der Waals surface area contributed by atoms with Crippen molar-refractivity contribution in [2.45, 2.75) is 44.8 Å². The Hall–Kier alpha value is -2.17. The molecule has 4 heteroatoms. The molecule has 144 valence electrons. The fourth-order valence-corrected chi connectivity index (χ4v) is 3.78. The van der Waals surface area contributed by atoms with Crippen LogP contribution in [0.25, 0.3) is 0 Å². The highest BCUT2D eigenvalue weighted by Gasteiger charge is 2.27. The Morgan fingerprint density at radius 2 is 1.59 bits per heavy atom. The van der Waals surface area contributed by atoms with E-state index in [1.54, 1.807) is 0 Å².